The Morgan fingerprint density at radius 3 is 2.21 bits per heavy atom. The number of aromatic nitrogens is 2. The number of methoxy groups -OCH3 is 2. The second kappa shape index (κ2) is 6.57. The highest BCUT2D eigenvalue weighted by Gasteiger charge is 2.27. The van der Waals surface area contributed by atoms with Crippen LogP contribution < -0.4 is 9.47 Å². The van der Waals surface area contributed by atoms with Crippen molar-refractivity contribution in [3.63, 3.8) is 0 Å². The molecule has 1 radical (unpaired) electrons. The van der Waals surface area contributed by atoms with E-state index in [1.807, 2.05) is 18.2 Å². The van der Waals surface area contributed by atoms with Crippen LogP contribution in [0.2, 0.25) is 0 Å². The number of aromatic amines is 1. The molecule has 1 aliphatic carbocycles. The van der Waals surface area contributed by atoms with Gasteiger partial charge in [0.15, 0.2) is 11.5 Å². The molecule has 0 fully saturated rings. The molecule has 137 valence electrons. The number of H-pyrrole nitrogens is 1. The van der Waals surface area contributed by atoms with Crippen molar-refractivity contribution < 1.29 is 9.47 Å². The number of hydrogen-bond donors (Lipinski definition) is 1. The van der Waals surface area contributed by atoms with Gasteiger partial charge in [-0.2, -0.15) is 5.10 Å². The zero-order chi connectivity index (χ0) is 19.1. The molecule has 0 amide bonds. The average molecular weight is 367 g/mol. The van der Waals surface area contributed by atoms with Crippen LogP contribution in [0.5, 0.6) is 11.5 Å². The standard InChI is InChI=1S/C24H19N2O2/c1-27-21-13-18-12-20-23(25-26-24(20)19(18)14-22(21)28-2)17-10-8-16(9-11-17)15-6-4-3-5-7-15/h4-11,13-14H,12H2,1-2H3,(H,25,26). The third-order valence-corrected chi connectivity index (χ3v) is 5.32. The van der Waals surface area contributed by atoms with Gasteiger partial charge >= 0.3 is 0 Å². The number of nitrogens with zero attached hydrogens (tertiary/aromatic N) is 1. The summed E-state index contributed by atoms with van der Waals surface area (Å²) in [6.07, 6.45) is 0.827. The van der Waals surface area contributed by atoms with Crippen molar-refractivity contribution in [2.45, 2.75) is 6.42 Å². The minimum absolute atomic E-state index is 0.731. The molecule has 0 atom stereocenters. The van der Waals surface area contributed by atoms with Gasteiger partial charge in [0.25, 0.3) is 0 Å². The number of fused-ring (bicyclic) bond motifs is 3. The van der Waals surface area contributed by atoms with Crippen LogP contribution in [0.1, 0.15) is 11.1 Å². The van der Waals surface area contributed by atoms with Gasteiger partial charge in [-0.25, -0.2) is 0 Å². The third kappa shape index (κ3) is 2.57. The smallest absolute Gasteiger partial charge is 0.161 e. The Hall–Kier alpha value is -3.53. The molecule has 0 saturated heterocycles. The van der Waals surface area contributed by atoms with E-state index in [1.54, 1.807) is 14.2 Å². The molecule has 1 heterocycles. The number of rotatable bonds is 4. The van der Waals surface area contributed by atoms with Crippen LogP contribution in [0, 0.1) is 6.07 Å². The molecule has 0 saturated carbocycles. The SMILES string of the molecule is COc1cc2c(cc1OC)-c1[nH]nc(-c3ccc(-c4cc[c]cc4)cc3)c1C2. The molecule has 4 nitrogen and oxygen atoms in total. The van der Waals surface area contributed by atoms with E-state index < -0.39 is 0 Å². The Morgan fingerprint density at radius 2 is 1.50 bits per heavy atom. The fraction of sp³-hybridized carbons (Fsp3) is 0.125. The lowest BCUT2D eigenvalue weighted by atomic mass is 10.0. The zero-order valence-electron chi connectivity index (χ0n) is 15.7. The van der Waals surface area contributed by atoms with Crippen LogP contribution in [0.3, 0.4) is 0 Å². The Morgan fingerprint density at radius 1 is 0.857 bits per heavy atom. The molecule has 5 rings (SSSR count). The van der Waals surface area contributed by atoms with Crippen molar-refractivity contribution in [1.29, 1.82) is 0 Å². The Labute approximate surface area is 163 Å². The Balaban J connectivity index is 1.52. The maximum atomic E-state index is 5.46. The predicted molar refractivity (Wildman–Crippen MR) is 110 cm³/mol. The van der Waals surface area contributed by atoms with E-state index >= 15 is 0 Å². The molecule has 0 bridgehead atoms. The largest absolute Gasteiger partial charge is 0.493 e. The van der Waals surface area contributed by atoms with Crippen molar-refractivity contribution in [3.8, 4) is 45.1 Å². The van der Waals surface area contributed by atoms with Crippen LogP contribution in [0.25, 0.3) is 33.6 Å². The fourth-order valence-corrected chi connectivity index (χ4v) is 3.89. The molecule has 1 aliphatic rings. The molecule has 0 aliphatic heterocycles. The van der Waals surface area contributed by atoms with E-state index in [1.165, 1.54) is 22.3 Å². The molecule has 0 spiro atoms. The van der Waals surface area contributed by atoms with Gasteiger partial charge in [0.1, 0.15) is 0 Å². The quantitative estimate of drug-likeness (QED) is 0.479. The molecule has 1 aromatic heterocycles. The van der Waals surface area contributed by atoms with E-state index in [2.05, 4.69) is 58.7 Å². The maximum absolute atomic E-state index is 5.46. The summed E-state index contributed by atoms with van der Waals surface area (Å²) in [6.45, 7) is 0. The van der Waals surface area contributed by atoms with Gasteiger partial charge in [-0.3, -0.25) is 5.10 Å². The number of nitrogens with one attached hydrogen (secondary N) is 1. The average Bonchev–Trinajstić information content (AvgIpc) is 3.32. The molecular weight excluding hydrogens is 348 g/mol. The first-order valence-electron chi connectivity index (χ1n) is 9.18. The number of hydrogen-bond acceptors (Lipinski definition) is 3. The van der Waals surface area contributed by atoms with Crippen molar-refractivity contribution in [1.82, 2.24) is 10.2 Å². The van der Waals surface area contributed by atoms with Crippen LogP contribution in [-0.2, 0) is 6.42 Å². The normalized spacial score (nSPS) is 11.8. The monoisotopic (exact) mass is 367 g/mol. The highest BCUT2D eigenvalue weighted by Crippen LogP contribution is 2.44. The minimum atomic E-state index is 0.731. The summed E-state index contributed by atoms with van der Waals surface area (Å²) in [7, 11) is 3.32. The Kier molecular flexibility index (Phi) is 3.90. The van der Waals surface area contributed by atoms with Crippen LogP contribution in [0.15, 0.2) is 60.7 Å². The first-order chi connectivity index (χ1) is 13.8. The first-order valence-corrected chi connectivity index (χ1v) is 9.18. The van der Waals surface area contributed by atoms with E-state index in [4.69, 9.17) is 9.47 Å². The summed E-state index contributed by atoms with van der Waals surface area (Å²) in [4.78, 5) is 0. The van der Waals surface area contributed by atoms with E-state index in [-0.39, 0.29) is 0 Å². The van der Waals surface area contributed by atoms with Gasteiger partial charge in [-0.05, 0) is 34.9 Å². The predicted octanol–water partition coefficient (Wildman–Crippen LogP) is 5.13. The molecule has 4 aromatic rings. The number of benzene rings is 3. The lowest BCUT2D eigenvalue weighted by Crippen LogP contribution is -1.93. The number of ether oxygens (including phenoxy) is 2. The van der Waals surface area contributed by atoms with E-state index in [9.17, 15) is 0 Å². The summed E-state index contributed by atoms with van der Waals surface area (Å²) in [5.74, 6) is 1.49. The second-order valence-corrected chi connectivity index (χ2v) is 6.83. The molecule has 1 N–H and O–H groups in total. The summed E-state index contributed by atoms with van der Waals surface area (Å²) >= 11 is 0. The first kappa shape index (κ1) is 16.6. The lowest BCUT2D eigenvalue weighted by Gasteiger charge is -2.10. The molecular formula is C24H19N2O2. The van der Waals surface area contributed by atoms with Gasteiger partial charge < -0.3 is 9.47 Å². The zero-order valence-corrected chi connectivity index (χ0v) is 15.7. The molecule has 0 unspecified atom stereocenters. The van der Waals surface area contributed by atoms with Crippen LogP contribution in [-0.4, -0.2) is 24.4 Å². The lowest BCUT2D eigenvalue weighted by molar-refractivity contribution is 0.355. The third-order valence-electron chi connectivity index (χ3n) is 5.32. The second-order valence-electron chi connectivity index (χ2n) is 6.83. The summed E-state index contributed by atoms with van der Waals surface area (Å²) < 4.78 is 10.9. The maximum Gasteiger partial charge on any atom is 0.161 e. The van der Waals surface area contributed by atoms with Crippen molar-refractivity contribution >= 4 is 0 Å². The Bertz CT molecular complexity index is 1150. The van der Waals surface area contributed by atoms with Gasteiger partial charge in [0, 0.05) is 23.1 Å². The van der Waals surface area contributed by atoms with Gasteiger partial charge in [-0.15, -0.1) is 0 Å². The highest BCUT2D eigenvalue weighted by atomic mass is 16.5. The van der Waals surface area contributed by atoms with E-state index in [0.717, 1.165) is 40.4 Å². The summed E-state index contributed by atoms with van der Waals surface area (Å²) in [5.41, 5.74) is 9.10. The molecule has 4 heteroatoms. The van der Waals surface area contributed by atoms with Crippen LogP contribution >= 0.6 is 0 Å². The molecule has 28 heavy (non-hydrogen) atoms. The topological polar surface area (TPSA) is 47.1 Å². The fourth-order valence-electron chi connectivity index (χ4n) is 3.89. The van der Waals surface area contributed by atoms with Gasteiger partial charge in [-0.1, -0.05) is 48.5 Å². The van der Waals surface area contributed by atoms with Gasteiger partial charge in [0.05, 0.1) is 25.6 Å². The minimum Gasteiger partial charge on any atom is -0.493 e. The highest BCUT2D eigenvalue weighted by molar-refractivity contribution is 5.83. The van der Waals surface area contributed by atoms with Crippen LogP contribution in [0.4, 0.5) is 0 Å². The van der Waals surface area contributed by atoms with Crippen molar-refractivity contribution in [3.05, 3.63) is 77.9 Å². The summed E-state index contributed by atoms with van der Waals surface area (Å²) in [6, 6.07) is 23.7. The molecule has 3 aromatic carbocycles. The summed E-state index contributed by atoms with van der Waals surface area (Å²) in [5, 5.41) is 7.83. The van der Waals surface area contributed by atoms with Gasteiger partial charge in [0.2, 0.25) is 0 Å². The van der Waals surface area contributed by atoms with Crippen molar-refractivity contribution in [2.24, 2.45) is 0 Å². The van der Waals surface area contributed by atoms with Crippen molar-refractivity contribution in [2.75, 3.05) is 14.2 Å². The van der Waals surface area contributed by atoms with E-state index in [0.29, 0.717) is 0 Å².